The van der Waals surface area contributed by atoms with E-state index in [9.17, 15) is 26.4 Å². The number of ether oxygens (including phenoxy) is 1. The third-order valence-electron chi connectivity index (χ3n) is 6.26. The Balaban J connectivity index is 1.68. The maximum absolute atomic E-state index is 13.8. The summed E-state index contributed by atoms with van der Waals surface area (Å²) >= 11 is 0. The molecule has 0 radical (unpaired) electrons. The van der Waals surface area contributed by atoms with E-state index in [-0.39, 0.29) is 34.9 Å². The maximum atomic E-state index is 13.8. The number of nitriles is 1. The van der Waals surface area contributed by atoms with Crippen molar-refractivity contribution in [2.75, 3.05) is 18.6 Å². The third kappa shape index (κ3) is 5.84. The van der Waals surface area contributed by atoms with Crippen molar-refractivity contribution < 1.29 is 31.2 Å². The molecular formula is C26H24N4O7S2. The first-order valence-corrected chi connectivity index (χ1v) is 14.6. The number of hydrogen-bond donors (Lipinski definition) is 1. The van der Waals surface area contributed by atoms with Gasteiger partial charge in [0, 0.05) is 6.54 Å². The monoisotopic (exact) mass is 568 g/mol. The summed E-state index contributed by atoms with van der Waals surface area (Å²) < 4.78 is 56.8. The van der Waals surface area contributed by atoms with E-state index in [0.29, 0.717) is 16.9 Å². The van der Waals surface area contributed by atoms with Crippen LogP contribution >= 0.6 is 0 Å². The predicted octanol–water partition coefficient (Wildman–Crippen LogP) is 1.78. The molecular weight excluding hydrogens is 544 g/mol. The summed E-state index contributed by atoms with van der Waals surface area (Å²) in [5.74, 6) is -0.858. The largest absolute Gasteiger partial charge is 0.497 e. The molecule has 1 atom stereocenters. The van der Waals surface area contributed by atoms with Crippen molar-refractivity contribution in [3.63, 3.8) is 0 Å². The van der Waals surface area contributed by atoms with Crippen LogP contribution in [0.5, 0.6) is 5.75 Å². The van der Waals surface area contributed by atoms with E-state index >= 15 is 0 Å². The molecule has 1 aliphatic rings. The van der Waals surface area contributed by atoms with Gasteiger partial charge in [-0.25, -0.2) is 26.9 Å². The second-order valence-corrected chi connectivity index (χ2v) is 12.1. The predicted molar refractivity (Wildman–Crippen MR) is 140 cm³/mol. The number of amides is 2. The Morgan fingerprint density at radius 2 is 1.54 bits per heavy atom. The van der Waals surface area contributed by atoms with Crippen LogP contribution in [0.15, 0.2) is 82.6 Å². The Labute approximate surface area is 226 Å². The zero-order chi connectivity index (χ0) is 28.4. The van der Waals surface area contributed by atoms with Crippen molar-refractivity contribution in [1.82, 2.24) is 4.31 Å². The minimum atomic E-state index is -4.26. The van der Waals surface area contributed by atoms with Crippen LogP contribution in [0.1, 0.15) is 17.5 Å². The molecule has 2 N–H and O–H groups in total. The van der Waals surface area contributed by atoms with Crippen LogP contribution in [-0.2, 0) is 36.1 Å². The molecule has 3 aromatic rings. The van der Waals surface area contributed by atoms with Crippen LogP contribution < -0.4 is 14.8 Å². The fourth-order valence-electron chi connectivity index (χ4n) is 4.21. The van der Waals surface area contributed by atoms with Gasteiger partial charge in [0.05, 0.1) is 40.6 Å². The van der Waals surface area contributed by atoms with E-state index < -0.39 is 37.9 Å². The Morgan fingerprint density at radius 1 is 0.949 bits per heavy atom. The smallest absolute Gasteiger partial charge is 0.252 e. The van der Waals surface area contributed by atoms with Gasteiger partial charge in [0.1, 0.15) is 11.8 Å². The number of carbonyl (C=O) groups is 2. The lowest BCUT2D eigenvalue weighted by Crippen LogP contribution is -2.46. The van der Waals surface area contributed by atoms with Crippen molar-refractivity contribution in [3.05, 3.63) is 83.9 Å². The molecule has 4 rings (SSSR count). The van der Waals surface area contributed by atoms with Crippen LogP contribution in [0.25, 0.3) is 0 Å². The minimum absolute atomic E-state index is 0.0926. The molecule has 1 heterocycles. The first kappa shape index (κ1) is 27.9. The summed E-state index contributed by atoms with van der Waals surface area (Å²) in [5.41, 5.74) is 1.16. The topological polar surface area (TPSA) is 168 Å². The molecule has 0 spiro atoms. The lowest BCUT2D eigenvalue weighted by molar-refractivity contribution is -0.122. The van der Waals surface area contributed by atoms with Gasteiger partial charge in [0.2, 0.25) is 26.0 Å². The van der Waals surface area contributed by atoms with Crippen LogP contribution in [0, 0.1) is 11.3 Å². The molecule has 1 aliphatic heterocycles. The van der Waals surface area contributed by atoms with E-state index in [1.54, 1.807) is 0 Å². The maximum Gasteiger partial charge on any atom is 0.252 e. The normalized spacial score (nSPS) is 15.9. The number of sulfonamides is 2. The number of rotatable bonds is 9. The lowest BCUT2D eigenvalue weighted by Gasteiger charge is -2.27. The average molecular weight is 569 g/mol. The van der Waals surface area contributed by atoms with Gasteiger partial charge in [-0.3, -0.25) is 9.59 Å². The SMILES string of the molecule is COc1ccc(S(=O)(=O)N(CCc2ccc(S(N)(=O)=O)cc2)C2CC(=O)N(c3ccc(C#N)cc3)C2=O)cc1. The van der Waals surface area contributed by atoms with Gasteiger partial charge in [0.15, 0.2) is 0 Å². The Bertz CT molecular complexity index is 1650. The summed E-state index contributed by atoms with van der Waals surface area (Å²) in [4.78, 5) is 27.2. The van der Waals surface area contributed by atoms with E-state index in [1.165, 1.54) is 79.9 Å². The first-order chi connectivity index (χ1) is 18.5. The quantitative estimate of drug-likeness (QED) is 0.381. The molecule has 13 heteroatoms. The fourth-order valence-corrected chi connectivity index (χ4v) is 6.31. The molecule has 1 unspecified atom stereocenters. The van der Waals surface area contributed by atoms with Gasteiger partial charge in [-0.1, -0.05) is 12.1 Å². The van der Waals surface area contributed by atoms with Gasteiger partial charge >= 0.3 is 0 Å². The van der Waals surface area contributed by atoms with Crippen molar-refractivity contribution >= 4 is 37.5 Å². The summed E-state index contributed by atoms with van der Waals surface area (Å²) in [6.07, 6.45) is -0.256. The van der Waals surface area contributed by atoms with Crippen LogP contribution in [0.3, 0.4) is 0 Å². The number of anilines is 1. The van der Waals surface area contributed by atoms with Crippen molar-refractivity contribution in [1.29, 1.82) is 5.26 Å². The second-order valence-electron chi connectivity index (χ2n) is 8.68. The standard InChI is InChI=1S/C26H24N4O7S2/c1-37-21-8-12-23(13-9-21)39(35,36)29(15-14-18-4-10-22(11-5-18)38(28,33)34)24-16-25(31)30(26(24)32)20-6-2-19(17-27)3-7-20/h2-13,24H,14-16H2,1H3,(H2,28,33,34). The van der Waals surface area contributed by atoms with Crippen LogP contribution in [0.2, 0.25) is 0 Å². The van der Waals surface area contributed by atoms with Crippen LogP contribution in [0.4, 0.5) is 5.69 Å². The number of hydrogen-bond acceptors (Lipinski definition) is 8. The van der Waals surface area contributed by atoms with Gasteiger partial charge in [0.25, 0.3) is 5.91 Å². The molecule has 1 fully saturated rings. The van der Waals surface area contributed by atoms with E-state index in [1.807, 2.05) is 6.07 Å². The molecule has 11 nitrogen and oxygen atoms in total. The van der Waals surface area contributed by atoms with Crippen molar-refractivity contribution in [2.24, 2.45) is 5.14 Å². The van der Waals surface area contributed by atoms with Gasteiger partial charge < -0.3 is 4.74 Å². The summed E-state index contributed by atoms with van der Waals surface area (Å²) in [7, 11) is -6.72. The first-order valence-electron chi connectivity index (χ1n) is 11.6. The van der Waals surface area contributed by atoms with Gasteiger partial charge in [-0.15, -0.1) is 0 Å². The Morgan fingerprint density at radius 3 is 2.08 bits per heavy atom. The molecule has 202 valence electrons. The molecule has 0 saturated carbocycles. The highest BCUT2D eigenvalue weighted by atomic mass is 32.2. The summed E-state index contributed by atoms with van der Waals surface area (Å²) in [5, 5.41) is 14.2. The molecule has 39 heavy (non-hydrogen) atoms. The average Bonchev–Trinajstić information content (AvgIpc) is 3.21. The zero-order valence-corrected chi connectivity index (χ0v) is 22.4. The second kappa shape index (κ2) is 11.0. The highest BCUT2D eigenvalue weighted by Crippen LogP contribution is 2.30. The lowest BCUT2D eigenvalue weighted by atomic mass is 10.1. The van der Waals surface area contributed by atoms with E-state index in [4.69, 9.17) is 15.1 Å². The highest BCUT2D eigenvalue weighted by Gasteiger charge is 2.46. The number of benzene rings is 3. The van der Waals surface area contributed by atoms with Gasteiger partial charge in [-0.2, -0.15) is 9.57 Å². The summed E-state index contributed by atoms with van der Waals surface area (Å²) in [6, 6.07) is 17.7. The number of primary sulfonamides is 1. The molecule has 2 amide bonds. The Hall–Kier alpha value is -4.09. The van der Waals surface area contributed by atoms with Crippen molar-refractivity contribution in [3.8, 4) is 11.8 Å². The third-order valence-corrected chi connectivity index (χ3v) is 9.12. The molecule has 0 aliphatic carbocycles. The number of methoxy groups -OCH3 is 1. The van der Waals surface area contributed by atoms with E-state index in [0.717, 1.165) is 9.21 Å². The minimum Gasteiger partial charge on any atom is -0.497 e. The fraction of sp³-hybridized carbons (Fsp3) is 0.192. The van der Waals surface area contributed by atoms with Crippen molar-refractivity contribution in [2.45, 2.75) is 28.7 Å². The Kier molecular flexibility index (Phi) is 7.84. The van der Waals surface area contributed by atoms with E-state index in [2.05, 4.69) is 0 Å². The number of nitrogens with two attached hydrogens (primary N) is 1. The number of imide groups is 1. The summed E-state index contributed by atoms with van der Waals surface area (Å²) in [6.45, 7) is -0.173. The number of nitrogens with zero attached hydrogens (tertiary/aromatic N) is 3. The highest BCUT2D eigenvalue weighted by molar-refractivity contribution is 7.89. The molecule has 1 saturated heterocycles. The van der Waals surface area contributed by atoms with Crippen LogP contribution in [-0.4, -0.2) is 52.7 Å². The molecule has 0 aromatic heterocycles. The molecule has 3 aromatic carbocycles. The number of carbonyl (C=O) groups excluding carboxylic acids is 2. The molecule has 0 bridgehead atoms. The van der Waals surface area contributed by atoms with Gasteiger partial charge in [-0.05, 0) is 72.6 Å². The zero-order valence-electron chi connectivity index (χ0n) is 20.7.